The van der Waals surface area contributed by atoms with Crippen LogP contribution in [0.5, 0.6) is 0 Å². The first-order valence-corrected chi connectivity index (χ1v) is 17.3. The van der Waals surface area contributed by atoms with Crippen molar-refractivity contribution < 1.29 is 0 Å². The van der Waals surface area contributed by atoms with E-state index >= 15 is 0 Å². The molecule has 0 saturated heterocycles. The van der Waals surface area contributed by atoms with Crippen LogP contribution in [0.15, 0.2) is 58.3 Å². The fraction of sp³-hybridized carbons (Fsp3) is 0.500. The molecule has 40 heavy (non-hydrogen) atoms. The van der Waals surface area contributed by atoms with Crippen molar-refractivity contribution in [2.75, 3.05) is 35.4 Å². The van der Waals surface area contributed by atoms with Gasteiger partial charge in [-0.15, -0.1) is 23.5 Å². The molecule has 2 nitrogen and oxygen atoms in total. The lowest BCUT2D eigenvalue weighted by atomic mass is 9.69. The second kappa shape index (κ2) is 11.7. The summed E-state index contributed by atoms with van der Waals surface area (Å²) in [5.41, 5.74) is 10.9. The minimum Gasteiger partial charge on any atom is -0.344 e. The molecular weight excluding hydrogens is 525 g/mol. The van der Waals surface area contributed by atoms with Gasteiger partial charge in [0.2, 0.25) is 0 Å². The third kappa shape index (κ3) is 5.20. The van der Waals surface area contributed by atoms with E-state index in [9.17, 15) is 0 Å². The number of hydrogen-bond acceptors (Lipinski definition) is 4. The fourth-order valence-corrected chi connectivity index (χ4v) is 8.46. The van der Waals surface area contributed by atoms with Crippen LogP contribution in [0.1, 0.15) is 102 Å². The highest BCUT2D eigenvalue weighted by atomic mass is 32.2. The molecule has 0 aliphatic carbocycles. The molecule has 3 aromatic rings. The van der Waals surface area contributed by atoms with Crippen molar-refractivity contribution in [3.63, 3.8) is 0 Å². The highest BCUT2D eigenvalue weighted by Crippen LogP contribution is 2.55. The summed E-state index contributed by atoms with van der Waals surface area (Å²) < 4.78 is 0. The van der Waals surface area contributed by atoms with E-state index in [4.69, 9.17) is 0 Å². The summed E-state index contributed by atoms with van der Waals surface area (Å²) in [6.07, 6.45) is 7.77. The molecule has 0 aromatic heterocycles. The molecule has 0 fully saturated rings. The molecule has 4 heteroatoms. The highest BCUT2D eigenvalue weighted by Gasteiger charge is 2.41. The van der Waals surface area contributed by atoms with Gasteiger partial charge >= 0.3 is 0 Å². The van der Waals surface area contributed by atoms with Gasteiger partial charge in [0.25, 0.3) is 0 Å². The zero-order valence-corrected chi connectivity index (χ0v) is 27.6. The second-order valence-electron chi connectivity index (χ2n) is 12.7. The minimum absolute atomic E-state index is 0.0730. The van der Waals surface area contributed by atoms with E-state index in [1.807, 2.05) is 23.5 Å². The Morgan fingerprint density at radius 3 is 1.27 bits per heavy atom. The molecular formula is C36H48N2S2. The first-order chi connectivity index (χ1) is 19.1. The van der Waals surface area contributed by atoms with Crippen molar-refractivity contribution in [1.29, 1.82) is 0 Å². The first kappa shape index (κ1) is 29.5. The molecule has 2 aliphatic rings. The van der Waals surface area contributed by atoms with Crippen LogP contribution in [-0.2, 0) is 10.8 Å². The van der Waals surface area contributed by atoms with Crippen LogP contribution in [0.3, 0.4) is 0 Å². The summed E-state index contributed by atoms with van der Waals surface area (Å²) in [5, 5.41) is 0. The predicted octanol–water partition coefficient (Wildman–Crippen LogP) is 11.1. The SMILES string of the molecule is CCCCCSc1ccc2c(c1)C(C)(C)c1cc3c(cc1N2C)C(C)(C)c1cc(SCCCCC)ccc1N3C. The zero-order valence-electron chi connectivity index (χ0n) is 26.0. The Balaban J connectivity index is 1.52. The minimum atomic E-state index is -0.0730. The van der Waals surface area contributed by atoms with Crippen LogP contribution in [-0.4, -0.2) is 25.6 Å². The van der Waals surface area contributed by atoms with Gasteiger partial charge in [0, 0.05) is 57.5 Å². The topological polar surface area (TPSA) is 6.48 Å². The van der Waals surface area contributed by atoms with Gasteiger partial charge in [-0.1, -0.05) is 67.2 Å². The Labute approximate surface area is 252 Å². The van der Waals surface area contributed by atoms with Gasteiger partial charge in [0.1, 0.15) is 0 Å². The Bertz CT molecular complexity index is 1270. The van der Waals surface area contributed by atoms with E-state index in [0.29, 0.717) is 0 Å². The quantitative estimate of drug-likeness (QED) is 0.176. The molecule has 0 N–H and O–H groups in total. The maximum atomic E-state index is 2.50. The van der Waals surface area contributed by atoms with Gasteiger partial charge in [-0.05, 0) is 95.1 Å². The smallest absolute Gasteiger partial charge is 0.0454 e. The lowest BCUT2D eigenvalue weighted by molar-refractivity contribution is 0.610. The lowest BCUT2D eigenvalue weighted by Gasteiger charge is -2.45. The largest absolute Gasteiger partial charge is 0.344 e. The molecule has 0 saturated carbocycles. The zero-order chi connectivity index (χ0) is 28.7. The summed E-state index contributed by atoms with van der Waals surface area (Å²) in [5.74, 6) is 2.40. The number of rotatable bonds is 10. The molecule has 0 spiro atoms. The fourth-order valence-electron chi connectivity index (χ4n) is 6.56. The van der Waals surface area contributed by atoms with E-state index in [-0.39, 0.29) is 10.8 Å². The summed E-state index contributed by atoms with van der Waals surface area (Å²) in [7, 11) is 4.51. The van der Waals surface area contributed by atoms with Gasteiger partial charge in [0.15, 0.2) is 0 Å². The molecule has 0 radical (unpaired) electrons. The lowest BCUT2D eigenvalue weighted by Crippen LogP contribution is -2.35. The van der Waals surface area contributed by atoms with Crippen LogP contribution < -0.4 is 9.80 Å². The van der Waals surface area contributed by atoms with Crippen molar-refractivity contribution in [1.82, 2.24) is 0 Å². The third-order valence-electron chi connectivity index (χ3n) is 9.22. The van der Waals surface area contributed by atoms with Crippen molar-refractivity contribution in [2.24, 2.45) is 0 Å². The van der Waals surface area contributed by atoms with Gasteiger partial charge in [-0.2, -0.15) is 0 Å². The molecule has 0 amide bonds. The number of benzene rings is 3. The summed E-state index contributed by atoms with van der Waals surface area (Å²) in [4.78, 5) is 7.67. The Kier molecular flexibility index (Phi) is 8.60. The molecule has 0 atom stereocenters. The van der Waals surface area contributed by atoms with E-state index < -0.39 is 0 Å². The average molecular weight is 573 g/mol. The van der Waals surface area contributed by atoms with Crippen molar-refractivity contribution in [2.45, 2.75) is 101 Å². The Hall–Kier alpha value is -2.04. The van der Waals surface area contributed by atoms with Crippen LogP contribution in [0.4, 0.5) is 22.7 Å². The predicted molar refractivity (Wildman–Crippen MR) is 180 cm³/mol. The van der Waals surface area contributed by atoms with E-state index in [1.165, 1.54) is 105 Å². The molecule has 0 bridgehead atoms. The van der Waals surface area contributed by atoms with Gasteiger partial charge < -0.3 is 9.80 Å². The van der Waals surface area contributed by atoms with Crippen LogP contribution in [0.25, 0.3) is 0 Å². The van der Waals surface area contributed by atoms with Gasteiger partial charge in [-0.3, -0.25) is 0 Å². The van der Waals surface area contributed by atoms with E-state index in [0.717, 1.165) is 0 Å². The van der Waals surface area contributed by atoms with Crippen LogP contribution in [0, 0.1) is 0 Å². The number of hydrogen-bond donors (Lipinski definition) is 0. The standard InChI is InChI=1S/C36H48N2S2/c1-9-11-13-19-39-25-15-17-31-27(21-25)35(3,4)29-23-34-30(24-33(29)37(31)7)36(5,6)28-22-26(40-20-14-12-10-2)16-18-32(28)38(34)8/h15-18,21-24H,9-14,19-20H2,1-8H3. The molecule has 0 unspecified atom stereocenters. The summed E-state index contributed by atoms with van der Waals surface area (Å²) >= 11 is 4.02. The first-order valence-electron chi connectivity index (χ1n) is 15.3. The Morgan fingerprint density at radius 2 is 0.900 bits per heavy atom. The van der Waals surface area contributed by atoms with Crippen LogP contribution in [0.2, 0.25) is 0 Å². The number of fused-ring (bicyclic) bond motifs is 4. The molecule has 5 rings (SSSR count). The maximum absolute atomic E-state index is 2.50. The summed E-state index contributed by atoms with van der Waals surface area (Å²) in [6.45, 7) is 14.2. The van der Waals surface area contributed by atoms with Gasteiger partial charge in [-0.25, -0.2) is 0 Å². The average Bonchev–Trinajstić information content (AvgIpc) is 2.95. The summed E-state index contributed by atoms with van der Waals surface area (Å²) in [6, 6.07) is 19.3. The third-order valence-corrected chi connectivity index (χ3v) is 11.4. The molecule has 3 aromatic carbocycles. The number of unbranched alkanes of at least 4 members (excludes halogenated alkanes) is 4. The van der Waals surface area contributed by atoms with E-state index in [2.05, 4.69) is 114 Å². The molecule has 2 aliphatic heterocycles. The highest BCUT2D eigenvalue weighted by molar-refractivity contribution is 7.99. The van der Waals surface area contributed by atoms with Crippen molar-refractivity contribution in [3.8, 4) is 0 Å². The second-order valence-corrected chi connectivity index (χ2v) is 15.1. The number of nitrogens with zero attached hydrogens (tertiary/aromatic N) is 2. The Morgan fingerprint density at radius 1 is 0.525 bits per heavy atom. The van der Waals surface area contributed by atoms with Crippen molar-refractivity contribution >= 4 is 46.3 Å². The number of thioether (sulfide) groups is 2. The maximum Gasteiger partial charge on any atom is 0.0454 e. The van der Waals surface area contributed by atoms with Crippen LogP contribution >= 0.6 is 23.5 Å². The van der Waals surface area contributed by atoms with E-state index in [1.54, 1.807) is 0 Å². The van der Waals surface area contributed by atoms with Crippen molar-refractivity contribution in [3.05, 3.63) is 70.8 Å². The molecule has 214 valence electrons. The normalized spacial score (nSPS) is 16.3. The van der Waals surface area contributed by atoms with Gasteiger partial charge in [0.05, 0.1) is 0 Å². The number of anilines is 4. The monoisotopic (exact) mass is 572 g/mol. The molecule has 2 heterocycles.